The molecule has 1 unspecified atom stereocenters. The third-order valence-corrected chi connectivity index (χ3v) is 9.06. The monoisotopic (exact) mass is 648 g/mol. The first-order chi connectivity index (χ1) is 21.0. The van der Waals surface area contributed by atoms with Gasteiger partial charge in [0.1, 0.15) is 11.2 Å². The molecule has 5 aromatic rings. The molecule has 3 heterocycles. The van der Waals surface area contributed by atoms with Crippen molar-refractivity contribution in [1.82, 2.24) is 19.7 Å². The predicted molar refractivity (Wildman–Crippen MR) is 165 cm³/mol. The number of thiazole rings is 1. The minimum atomic E-state index is -1.13. The van der Waals surface area contributed by atoms with Crippen LogP contribution < -0.4 is 11.2 Å². The normalized spacial score (nSPS) is 14.3. The molecule has 0 fully saturated rings. The number of aromatic amines is 1. The molecule has 10 nitrogen and oxygen atoms in total. The highest BCUT2D eigenvalue weighted by Crippen LogP contribution is 2.45. The number of halogens is 2. The molecule has 2 aromatic heterocycles. The van der Waals surface area contributed by atoms with E-state index in [-0.39, 0.29) is 22.2 Å². The van der Waals surface area contributed by atoms with E-state index in [9.17, 15) is 19.2 Å². The molecule has 1 atom stereocenters. The Morgan fingerprint density at radius 2 is 1.73 bits per heavy atom. The topological polar surface area (TPSA) is 133 Å². The van der Waals surface area contributed by atoms with Gasteiger partial charge in [-0.15, -0.1) is 11.3 Å². The number of esters is 2. The van der Waals surface area contributed by atoms with Gasteiger partial charge in [-0.3, -0.25) is 14.6 Å². The quantitative estimate of drug-likeness (QED) is 0.224. The van der Waals surface area contributed by atoms with Crippen LogP contribution in [0.1, 0.15) is 51.5 Å². The first kappa shape index (κ1) is 29.5. The molecule has 222 valence electrons. The summed E-state index contributed by atoms with van der Waals surface area (Å²) in [6, 6.07) is 19.2. The first-order valence-electron chi connectivity index (χ1n) is 13.3. The number of benzene rings is 3. The number of H-pyrrole nitrogens is 1. The van der Waals surface area contributed by atoms with E-state index in [1.54, 1.807) is 24.3 Å². The van der Waals surface area contributed by atoms with E-state index in [2.05, 4.69) is 10.1 Å². The van der Waals surface area contributed by atoms with Crippen molar-refractivity contribution >= 4 is 46.5 Å². The molecule has 1 aliphatic rings. The van der Waals surface area contributed by atoms with Crippen molar-refractivity contribution in [3.05, 3.63) is 130 Å². The second kappa shape index (κ2) is 11.5. The molecule has 1 aliphatic heterocycles. The fourth-order valence-electron chi connectivity index (χ4n) is 4.98. The Balaban J connectivity index is 1.35. The summed E-state index contributed by atoms with van der Waals surface area (Å²) in [4.78, 5) is 56.9. The van der Waals surface area contributed by atoms with Crippen molar-refractivity contribution in [2.45, 2.75) is 32.0 Å². The maximum atomic E-state index is 13.2. The first-order valence-corrected chi connectivity index (χ1v) is 14.8. The van der Waals surface area contributed by atoms with Crippen LogP contribution >= 0.6 is 34.5 Å². The van der Waals surface area contributed by atoms with E-state index < -0.39 is 34.9 Å². The fraction of sp³-hybridized carbons (Fsp3) is 0.161. The molecule has 44 heavy (non-hydrogen) atoms. The van der Waals surface area contributed by atoms with Crippen molar-refractivity contribution in [2.24, 2.45) is 0 Å². The molecule has 0 aliphatic carbocycles. The van der Waals surface area contributed by atoms with E-state index >= 15 is 0 Å². The van der Waals surface area contributed by atoms with Crippen LogP contribution in [0.5, 0.6) is 0 Å². The lowest BCUT2D eigenvalue weighted by molar-refractivity contribution is -0.166. The third kappa shape index (κ3) is 5.45. The van der Waals surface area contributed by atoms with Gasteiger partial charge in [-0.05, 0) is 32.0 Å². The Hall–Kier alpha value is -4.58. The lowest BCUT2D eigenvalue weighted by Crippen LogP contribution is -2.30. The highest BCUT2D eigenvalue weighted by atomic mass is 35.5. The van der Waals surface area contributed by atoms with Crippen LogP contribution in [-0.2, 0) is 26.1 Å². The predicted octanol–water partition coefficient (Wildman–Crippen LogP) is 5.63. The molecule has 13 heteroatoms. The summed E-state index contributed by atoms with van der Waals surface area (Å²) in [5, 5.41) is 4.98. The maximum absolute atomic E-state index is 13.2. The van der Waals surface area contributed by atoms with Gasteiger partial charge >= 0.3 is 17.6 Å². The Kier molecular flexibility index (Phi) is 7.70. The number of nitrogens with one attached hydrogen (secondary N) is 1. The standard InChI is InChI=1S/C31H22Cl2N4O6S/c1-31(2,25-20(32)12-17(13-21(25)33)37-30(41)35-23(38)15-34-37)29-36-26(16-8-4-3-5-9-16)22(44-29)14-24(39)42-28-19-11-7-6-10-18(19)27(40)43-28/h3-13,15,28H,14H2,1-2H3,(H,35,38,41). The Labute approximate surface area is 263 Å². The van der Waals surface area contributed by atoms with Gasteiger partial charge in [0.05, 0.1) is 23.4 Å². The highest BCUT2D eigenvalue weighted by molar-refractivity contribution is 7.12. The summed E-state index contributed by atoms with van der Waals surface area (Å²) in [5.74, 6) is -1.14. The van der Waals surface area contributed by atoms with Crippen LogP contribution in [0.4, 0.5) is 0 Å². The SMILES string of the molecule is CC(C)(c1nc(-c2ccccc2)c(CC(=O)OC2OC(=O)c3ccccc32)s1)c1c(Cl)cc(-n2ncc(=O)[nH]c2=O)cc1Cl. The third-order valence-electron chi connectivity index (χ3n) is 7.08. The molecule has 6 rings (SSSR count). The summed E-state index contributed by atoms with van der Waals surface area (Å²) in [6.45, 7) is 3.80. The highest BCUT2D eigenvalue weighted by Gasteiger charge is 2.36. The van der Waals surface area contributed by atoms with Crippen LogP contribution in [0.2, 0.25) is 10.0 Å². The number of cyclic esters (lactones) is 1. The van der Waals surface area contributed by atoms with Crippen molar-refractivity contribution in [2.75, 3.05) is 0 Å². The van der Waals surface area contributed by atoms with Crippen molar-refractivity contribution in [3.63, 3.8) is 0 Å². The average molecular weight is 650 g/mol. The molecule has 0 amide bonds. The van der Waals surface area contributed by atoms with Gasteiger partial charge in [0.2, 0.25) is 0 Å². The maximum Gasteiger partial charge on any atom is 0.349 e. The molecule has 0 radical (unpaired) electrons. The number of carbonyl (C=O) groups is 2. The van der Waals surface area contributed by atoms with Gasteiger partial charge in [-0.1, -0.05) is 71.7 Å². The van der Waals surface area contributed by atoms with E-state index in [4.69, 9.17) is 37.7 Å². The minimum absolute atomic E-state index is 0.130. The van der Waals surface area contributed by atoms with Crippen LogP contribution in [0.15, 0.2) is 82.5 Å². The molecule has 0 saturated heterocycles. The van der Waals surface area contributed by atoms with Crippen molar-refractivity contribution in [3.8, 4) is 16.9 Å². The van der Waals surface area contributed by atoms with Gasteiger partial charge in [-0.2, -0.15) is 9.78 Å². The lowest BCUT2D eigenvalue weighted by Gasteiger charge is -2.26. The average Bonchev–Trinajstić information content (AvgIpc) is 3.54. The van der Waals surface area contributed by atoms with E-state index in [0.29, 0.717) is 32.3 Å². The fourth-order valence-corrected chi connectivity index (χ4v) is 7.10. The minimum Gasteiger partial charge on any atom is -0.420 e. The van der Waals surface area contributed by atoms with Gasteiger partial charge in [0, 0.05) is 37.0 Å². The zero-order valence-electron chi connectivity index (χ0n) is 23.2. The van der Waals surface area contributed by atoms with Crippen LogP contribution in [0.3, 0.4) is 0 Å². The van der Waals surface area contributed by atoms with E-state index in [1.165, 1.54) is 23.5 Å². The Bertz CT molecular complexity index is 2030. The largest absolute Gasteiger partial charge is 0.420 e. The molecule has 0 bridgehead atoms. The Morgan fingerprint density at radius 1 is 1.05 bits per heavy atom. The number of hydrogen-bond acceptors (Lipinski definition) is 9. The number of hydrogen-bond donors (Lipinski definition) is 1. The van der Waals surface area contributed by atoms with Crippen molar-refractivity contribution in [1.29, 1.82) is 0 Å². The molecule has 0 spiro atoms. The number of ether oxygens (including phenoxy) is 2. The van der Waals surface area contributed by atoms with Gasteiger partial charge < -0.3 is 9.47 Å². The second-order valence-electron chi connectivity index (χ2n) is 10.4. The molecular weight excluding hydrogens is 627 g/mol. The van der Waals surface area contributed by atoms with Crippen LogP contribution in [0, 0.1) is 0 Å². The molecule has 0 saturated carbocycles. The van der Waals surface area contributed by atoms with Crippen molar-refractivity contribution < 1.29 is 19.1 Å². The van der Waals surface area contributed by atoms with Gasteiger partial charge in [0.25, 0.3) is 11.8 Å². The zero-order valence-corrected chi connectivity index (χ0v) is 25.5. The van der Waals surface area contributed by atoms with Gasteiger partial charge in [0.15, 0.2) is 0 Å². The van der Waals surface area contributed by atoms with Gasteiger partial charge in [-0.25, -0.2) is 14.6 Å². The number of rotatable bonds is 7. The number of fused-ring (bicyclic) bond motifs is 1. The summed E-state index contributed by atoms with van der Waals surface area (Å²) in [6.07, 6.45) is -0.283. The van der Waals surface area contributed by atoms with Crippen LogP contribution in [0.25, 0.3) is 16.9 Å². The molecule has 3 aromatic carbocycles. The summed E-state index contributed by atoms with van der Waals surface area (Å²) < 4.78 is 11.9. The molecular formula is C31H22Cl2N4O6S. The van der Waals surface area contributed by atoms with E-state index in [1.807, 2.05) is 44.2 Å². The smallest absolute Gasteiger partial charge is 0.349 e. The number of nitrogens with zero attached hydrogens (tertiary/aromatic N) is 3. The van der Waals surface area contributed by atoms with Crippen LogP contribution in [-0.4, -0.2) is 31.7 Å². The van der Waals surface area contributed by atoms with E-state index in [0.717, 1.165) is 16.4 Å². The lowest BCUT2D eigenvalue weighted by atomic mass is 9.85. The summed E-state index contributed by atoms with van der Waals surface area (Å²) >= 11 is 14.8. The second-order valence-corrected chi connectivity index (χ2v) is 12.3. The summed E-state index contributed by atoms with van der Waals surface area (Å²) in [5.41, 5.74) is 0.817. The number of aromatic nitrogens is 4. The number of carbonyl (C=O) groups excluding carboxylic acids is 2. The zero-order chi connectivity index (χ0) is 31.2. The molecule has 1 N–H and O–H groups in total. The Morgan fingerprint density at radius 3 is 2.43 bits per heavy atom. The summed E-state index contributed by atoms with van der Waals surface area (Å²) in [7, 11) is 0.